The topological polar surface area (TPSA) is 77.3 Å². The maximum atomic E-state index is 12.1. The molecule has 0 aromatic rings. The van der Waals surface area contributed by atoms with Crippen LogP contribution >= 0.6 is 0 Å². The Kier molecular flexibility index (Phi) is 10.0. The van der Waals surface area contributed by atoms with Crippen molar-refractivity contribution in [3.05, 3.63) is 0 Å². The molecule has 0 unspecified atom stereocenters. The molecule has 0 spiro atoms. The molecule has 6 nitrogen and oxygen atoms in total. The zero-order valence-corrected chi connectivity index (χ0v) is 17.5. The van der Waals surface area contributed by atoms with Crippen molar-refractivity contribution in [3.8, 4) is 0 Å². The van der Waals surface area contributed by atoms with Crippen molar-refractivity contribution in [2.45, 2.75) is 79.6 Å². The van der Waals surface area contributed by atoms with E-state index in [1.165, 1.54) is 0 Å². The van der Waals surface area contributed by atoms with E-state index in [0.717, 1.165) is 18.1 Å². The maximum Gasteiger partial charge on any atom is 0.452 e. The minimum atomic E-state index is -2.31. The van der Waals surface area contributed by atoms with E-state index in [2.05, 4.69) is 51.8 Å². The number of carbonyl (C=O) groups excluding carboxylic acids is 2. The highest BCUT2D eigenvalue weighted by Crippen LogP contribution is 2.33. The number of carbonyl (C=O) groups is 2. The third kappa shape index (κ3) is 10.5. The number of rotatable bonds is 8. The van der Waals surface area contributed by atoms with Crippen LogP contribution in [0.1, 0.15) is 55.4 Å². The second kappa shape index (κ2) is 10.6. The van der Waals surface area contributed by atoms with Crippen molar-refractivity contribution in [2.75, 3.05) is 0 Å². The van der Waals surface area contributed by atoms with Crippen LogP contribution in [0.2, 0.25) is 18.1 Å². The fraction of sp³-hybridized carbons (Fsp3) is 0.882. The number of amides is 2. The lowest BCUT2D eigenvalue weighted by Gasteiger charge is -2.34. The first kappa shape index (κ1) is 22.8. The number of hydrogen-bond acceptors (Lipinski definition) is 4. The van der Waals surface area contributed by atoms with E-state index in [-0.39, 0.29) is 6.10 Å². The van der Waals surface area contributed by atoms with Crippen molar-refractivity contribution in [2.24, 2.45) is 28.0 Å². The summed E-state index contributed by atoms with van der Waals surface area (Å²) in [6.07, 6.45) is -1.95. The molecule has 0 atom stereocenters. The van der Waals surface area contributed by atoms with Crippen molar-refractivity contribution < 1.29 is 18.8 Å². The monoisotopic (exact) mass is 358 g/mol. The lowest BCUT2D eigenvalue weighted by Crippen LogP contribution is -2.43. The van der Waals surface area contributed by atoms with Gasteiger partial charge >= 0.3 is 12.2 Å². The van der Waals surface area contributed by atoms with Gasteiger partial charge in [-0.3, -0.25) is 0 Å². The van der Waals surface area contributed by atoms with E-state index in [9.17, 15) is 9.59 Å². The Morgan fingerprint density at radius 3 is 1.46 bits per heavy atom. The maximum absolute atomic E-state index is 12.1. The minimum Gasteiger partial charge on any atom is -0.501 e. The van der Waals surface area contributed by atoms with Gasteiger partial charge in [0.2, 0.25) is 0 Å². The van der Waals surface area contributed by atoms with Gasteiger partial charge in [-0.15, -0.1) is 0 Å². The largest absolute Gasteiger partial charge is 0.501 e. The Morgan fingerprint density at radius 1 is 0.750 bits per heavy atom. The standard InChI is InChI=1S/C17H34N2O4Si/c1-12(2)9-24(10-13(3)4,11-14(5)6)23-17(21)19-18-16(20)22-15(7)8/h12-15H,9-11H2,1-8H3. The van der Waals surface area contributed by atoms with Gasteiger partial charge in [-0.05, 0) is 49.7 Å². The van der Waals surface area contributed by atoms with Crippen LogP contribution in [0.5, 0.6) is 0 Å². The molecule has 0 aliphatic carbocycles. The summed E-state index contributed by atoms with van der Waals surface area (Å²) in [5, 5.41) is 6.71. The highest BCUT2D eigenvalue weighted by Gasteiger charge is 2.40. The van der Waals surface area contributed by atoms with Crippen LogP contribution in [0, 0.1) is 17.8 Å². The number of nitrogens with zero attached hydrogens (tertiary/aromatic N) is 2. The van der Waals surface area contributed by atoms with Gasteiger partial charge in [-0.2, -0.15) is 0 Å². The summed E-state index contributed by atoms with van der Waals surface area (Å²) in [7, 11) is -2.31. The summed E-state index contributed by atoms with van der Waals surface area (Å²) >= 11 is 0. The van der Waals surface area contributed by atoms with Gasteiger partial charge < -0.3 is 9.16 Å². The predicted molar refractivity (Wildman–Crippen MR) is 97.6 cm³/mol. The molecule has 140 valence electrons. The second-order valence-electron chi connectivity index (χ2n) is 7.98. The van der Waals surface area contributed by atoms with Gasteiger partial charge in [0.1, 0.15) is 0 Å². The SMILES string of the molecule is CC(C)C[Si](CC(C)C)(CC(C)C)OC(=O)N=NC(=O)OC(C)C. The molecule has 0 saturated heterocycles. The van der Waals surface area contributed by atoms with E-state index < -0.39 is 20.5 Å². The first-order chi connectivity index (χ1) is 11.0. The molecule has 0 rings (SSSR count). The van der Waals surface area contributed by atoms with Gasteiger partial charge in [0.25, 0.3) is 8.32 Å². The summed E-state index contributed by atoms with van der Waals surface area (Å²) < 4.78 is 10.7. The van der Waals surface area contributed by atoms with Crippen LogP contribution in [0.4, 0.5) is 9.59 Å². The van der Waals surface area contributed by atoms with Crippen molar-refractivity contribution in [1.29, 1.82) is 0 Å². The number of azo groups is 1. The van der Waals surface area contributed by atoms with Crippen LogP contribution in [-0.4, -0.2) is 26.6 Å². The van der Waals surface area contributed by atoms with Gasteiger partial charge in [-0.25, -0.2) is 9.59 Å². The normalized spacial score (nSPS) is 12.7. The summed E-state index contributed by atoms with van der Waals surface area (Å²) in [5.74, 6) is 1.31. The Labute approximate surface area is 147 Å². The quantitative estimate of drug-likeness (QED) is 0.392. The lowest BCUT2D eigenvalue weighted by molar-refractivity contribution is 0.123. The molecule has 0 saturated carbocycles. The molecular formula is C17H34N2O4Si. The fourth-order valence-electron chi connectivity index (χ4n) is 3.12. The first-order valence-corrected chi connectivity index (χ1v) is 11.3. The van der Waals surface area contributed by atoms with Crippen LogP contribution < -0.4 is 0 Å². The molecule has 0 aromatic carbocycles. The average molecular weight is 359 g/mol. The van der Waals surface area contributed by atoms with Crippen LogP contribution in [0.25, 0.3) is 0 Å². The average Bonchev–Trinajstić information content (AvgIpc) is 2.32. The van der Waals surface area contributed by atoms with E-state index >= 15 is 0 Å². The molecule has 24 heavy (non-hydrogen) atoms. The molecule has 7 heteroatoms. The Balaban J connectivity index is 5.16. The molecule has 2 amide bonds. The fourth-order valence-corrected chi connectivity index (χ4v) is 8.74. The van der Waals surface area contributed by atoms with Gasteiger partial charge in [0, 0.05) is 0 Å². The van der Waals surface area contributed by atoms with E-state index in [0.29, 0.717) is 17.8 Å². The van der Waals surface area contributed by atoms with Crippen molar-refractivity contribution in [1.82, 2.24) is 0 Å². The van der Waals surface area contributed by atoms with E-state index in [4.69, 9.17) is 9.16 Å². The first-order valence-electron chi connectivity index (χ1n) is 8.81. The molecule has 0 bridgehead atoms. The van der Waals surface area contributed by atoms with E-state index in [1.54, 1.807) is 13.8 Å². The van der Waals surface area contributed by atoms with Gasteiger partial charge in [-0.1, -0.05) is 51.8 Å². The lowest BCUT2D eigenvalue weighted by atomic mass is 10.2. The van der Waals surface area contributed by atoms with Crippen molar-refractivity contribution >= 4 is 20.5 Å². The number of hydrogen-bond donors (Lipinski definition) is 0. The summed E-state index contributed by atoms with van der Waals surface area (Å²) in [6.45, 7) is 16.2. The smallest absolute Gasteiger partial charge is 0.452 e. The summed E-state index contributed by atoms with van der Waals surface area (Å²) in [5.41, 5.74) is 0. The van der Waals surface area contributed by atoms with Gasteiger partial charge in [0.15, 0.2) is 0 Å². The third-order valence-electron chi connectivity index (χ3n) is 3.19. The van der Waals surface area contributed by atoms with E-state index in [1.807, 2.05) is 0 Å². The molecule has 0 heterocycles. The predicted octanol–water partition coefficient (Wildman–Crippen LogP) is 6.03. The summed E-state index contributed by atoms with van der Waals surface area (Å²) in [6, 6.07) is 2.67. The van der Waals surface area contributed by atoms with Crippen LogP contribution in [0.15, 0.2) is 10.2 Å². The van der Waals surface area contributed by atoms with Crippen molar-refractivity contribution in [3.63, 3.8) is 0 Å². The minimum absolute atomic E-state index is 0.302. The molecule has 0 aliphatic heterocycles. The highest BCUT2D eigenvalue weighted by atomic mass is 28.4. The molecule has 0 aromatic heterocycles. The second-order valence-corrected chi connectivity index (χ2v) is 11.8. The molecule has 0 radical (unpaired) electrons. The van der Waals surface area contributed by atoms with Crippen LogP contribution in [-0.2, 0) is 9.16 Å². The molecule has 0 fully saturated rings. The molecule has 0 N–H and O–H groups in total. The van der Waals surface area contributed by atoms with Gasteiger partial charge in [0.05, 0.1) is 6.10 Å². The zero-order valence-electron chi connectivity index (χ0n) is 16.5. The Bertz CT molecular complexity index is 408. The van der Waals surface area contributed by atoms with Crippen LogP contribution in [0.3, 0.4) is 0 Å². The zero-order chi connectivity index (χ0) is 18.9. The molecule has 0 aliphatic rings. The Hall–Kier alpha value is -1.24. The Morgan fingerprint density at radius 2 is 1.12 bits per heavy atom. The number of ether oxygens (including phenoxy) is 1. The summed E-state index contributed by atoms with van der Waals surface area (Å²) in [4.78, 5) is 23.5. The third-order valence-corrected chi connectivity index (χ3v) is 8.48. The molecular weight excluding hydrogens is 324 g/mol. The highest BCUT2D eigenvalue weighted by molar-refractivity contribution is 6.75.